The highest BCUT2D eigenvalue weighted by molar-refractivity contribution is 5.51. The zero-order chi connectivity index (χ0) is 15.5. The van der Waals surface area contributed by atoms with Gasteiger partial charge in [-0.25, -0.2) is 0 Å². The molecule has 2 heteroatoms. The van der Waals surface area contributed by atoms with Crippen LogP contribution in [0, 0.1) is 16.7 Å². The lowest BCUT2D eigenvalue weighted by Crippen LogP contribution is -2.16. The molecule has 0 aromatic heterocycles. The minimum Gasteiger partial charge on any atom is -0.454 e. The average molecular weight is 294 g/mol. The lowest BCUT2D eigenvalue weighted by Gasteiger charge is -2.17. The van der Waals surface area contributed by atoms with E-state index < -0.39 is 0 Å². The average Bonchev–Trinajstić information content (AvgIpc) is 2.84. The molecule has 22 heavy (non-hydrogen) atoms. The van der Waals surface area contributed by atoms with Crippen molar-refractivity contribution in [1.29, 1.82) is 0 Å². The topological polar surface area (TPSA) is 18.5 Å². The molecule has 0 radical (unpaired) electrons. The Bertz CT molecular complexity index is 648. The summed E-state index contributed by atoms with van der Waals surface area (Å²) in [5.74, 6) is 2.07. The van der Waals surface area contributed by atoms with Crippen LogP contribution in [0.15, 0.2) is 71.3 Å². The third kappa shape index (κ3) is 2.09. The van der Waals surface area contributed by atoms with E-state index in [-0.39, 0.29) is 23.0 Å². The van der Waals surface area contributed by atoms with Crippen LogP contribution in [0.2, 0.25) is 0 Å². The fourth-order valence-electron chi connectivity index (χ4n) is 3.26. The Hall–Kier alpha value is -1.96. The monoisotopic (exact) mass is 294 g/mol. The zero-order valence-electron chi connectivity index (χ0n) is 13.6. The lowest BCUT2D eigenvalue weighted by molar-refractivity contribution is -0.0612. The highest BCUT2D eigenvalue weighted by atomic mass is 16.7. The maximum atomic E-state index is 6.06. The first kappa shape index (κ1) is 13.7. The summed E-state index contributed by atoms with van der Waals surface area (Å²) in [6.07, 6.45) is 17.3. The predicted octanol–water partition coefficient (Wildman–Crippen LogP) is 4.80. The number of hydrogen-bond acceptors (Lipinski definition) is 2. The van der Waals surface area contributed by atoms with Crippen LogP contribution in [0.3, 0.4) is 0 Å². The molecule has 4 rings (SSSR count). The van der Waals surface area contributed by atoms with E-state index in [0.29, 0.717) is 0 Å². The number of ether oxygens (including phenoxy) is 2. The second-order valence-electron chi connectivity index (χ2n) is 7.70. The third-order valence-electron chi connectivity index (χ3n) is 4.71. The Morgan fingerprint density at radius 1 is 0.682 bits per heavy atom. The van der Waals surface area contributed by atoms with Crippen molar-refractivity contribution in [2.75, 3.05) is 0 Å². The molecule has 0 bridgehead atoms. The second-order valence-corrected chi connectivity index (χ2v) is 7.70. The number of fused-ring (bicyclic) bond motifs is 3. The van der Waals surface area contributed by atoms with Crippen LogP contribution >= 0.6 is 0 Å². The van der Waals surface area contributed by atoms with Gasteiger partial charge in [-0.15, -0.1) is 0 Å². The van der Waals surface area contributed by atoms with Crippen LogP contribution in [0.25, 0.3) is 0 Å². The van der Waals surface area contributed by atoms with Crippen molar-refractivity contribution in [2.45, 2.75) is 34.0 Å². The Kier molecular flexibility index (Phi) is 2.66. The molecule has 0 aromatic rings. The van der Waals surface area contributed by atoms with Gasteiger partial charge in [0.15, 0.2) is 0 Å². The molecule has 0 unspecified atom stereocenters. The maximum Gasteiger partial charge on any atom is 0.252 e. The van der Waals surface area contributed by atoms with Crippen LogP contribution in [0.4, 0.5) is 0 Å². The van der Waals surface area contributed by atoms with Gasteiger partial charge < -0.3 is 9.47 Å². The molecular formula is C20H22O2. The van der Waals surface area contributed by atoms with Gasteiger partial charge in [0, 0.05) is 22.0 Å². The summed E-state index contributed by atoms with van der Waals surface area (Å²) in [6, 6.07) is 0. The van der Waals surface area contributed by atoms with E-state index in [1.165, 1.54) is 11.1 Å². The standard InChI is InChI=1S/C20H22O2/c1-19(2)9-5-13-15(7-11-19)21-18-17(13)14-6-10-20(3,4)12-8-16(14)22-18/h5-12,17-18H,1-4H3. The summed E-state index contributed by atoms with van der Waals surface area (Å²) in [5.41, 5.74) is 2.58. The molecule has 0 spiro atoms. The fraction of sp³-hybridized carbons (Fsp3) is 0.400. The SMILES string of the molecule is CC1(C)C=CC2=C(C=C1)C1C3=C(C=CC(C)(C)C=C3)OC1O2. The summed E-state index contributed by atoms with van der Waals surface area (Å²) in [4.78, 5) is 0. The van der Waals surface area contributed by atoms with Crippen molar-refractivity contribution in [1.82, 2.24) is 0 Å². The third-order valence-corrected chi connectivity index (χ3v) is 4.71. The molecular weight excluding hydrogens is 272 g/mol. The van der Waals surface area contributed by atoms with Gasteiger partial charge in [-0.3, -0.25) is 0 Å². The summed E-state index contributed by atoms with van der Waals surface area (Å²) in [6.45, 7) is 8.80. The van der Waals surface area contributed by atoms with Gasteiger partial charge in [-0.05, 0) is 12.2 Å². The van der Waals surface area contributed by atoms with Gasteiger partial charge in [0.1, 0.15) is 11.5 Å². The molecule has 2 aliphatic heterocycles. The number of rotatable bonds is 0. The van der Waals surface area contributed by atoms with E-state index >= 15 is 0 Å². The van der Waals surface area contributed by atoms with Crippen molar-refractivity contribution < 1.29 is 9.47 Å². The molecule has 0 N–H and O–H groups in total. The first-order valence-corrected chi connectivity index (χ1v) is 7.93. The summed E-state index contributed by atoms with van der Waals surface area (Å²) in [5, 5.41) is 0. The first-order chi connectivity index (χ1) is 10.3. The van der Waals surface area contributed by atoms with Gasteiger partial charge in [0.05, 0.1) is 5.92 Å². The Balaban J connectivity index is 1.76. The molecule has 2 nitrogen and oxygen atoms in total. The van der Waals surface area contributed by atoms with Crippen LogP contribution in [0.5, 0.6) is 0 Å². The molecule has 0 atom stereocenters. The highest BCUT2D eigenvalue weighted by Gasteiger charge is 2.45. The molecule has 114 valence electrons. The van der Waals surface area contributed by atoms with E-state index in [2.05, 4.69) is 76.3 Å². The van der Waals surface area contributed by atoms with Crippen molar-refractivity contribution in [3.8, 4) is 0 Å². The van der Waals surface area contributed by atoms with Gasteiger partial charge in [-0.2, -0.15) is 0 Å². The normalized spacial score (nSPS) is 32.9. The quantitative estimate of drug-likeness (QED) is 0.639. The molecule has 0 amide bonds. The predicted molar refractivity (Wildman–Crippen MR) is 87.6 cm³/mol. The second kappa shape index (κ2) is 4.28. The van der Waals surface area contributed by atoms with Crippen molar-refractivity contribution in [3.63, 3.8) is 0 Å². The lowest BCUT2D eigenvalue weighted by atomic mass is 9.88. The molecule has 2 heterocycles. The van der Waals surface area contributed by atoms with Crippen molar-refractivity contribution in [3.05, 3.63) is 71.3 Å². The minimum atomic E-state index is -0.221. The summed E-state index contributed by atoms with van der Waals surface area (Å²) in [7, 11) is 0. The molecule has 0 saturated heterocycles. The van der Waals surface area contributed by atoms with E-state index in [9.17, 15) is 0 Å². The molecule has 4 aliphatic rings. The van der Waals surface area contributed by atoms with Crippen LogP contribution in [0.1, 0.15) is 27.7 Å². The molecule has 2 aliphatic carbocycles. The van der Waals surface area contributed by atoms with E-state index in [0.717, 1.165) is 11.5 Å². The summed E-state index contributed by atoms with van der Waals surface area (Å²) >= 11 is 0. The number of hydrogen-bond donors (Lipinski definition) is 0. The smallest absolute Gasteiger partial charge is 0.252 e. The van der Waals surface area contributed by atoms with Crippen LogP contribution < -0.4 is 0 Å². The largest absolute Gasteiger partial charge is 0.454 e. The Morgan fingerprint density at radius 2 is 1.09 bits per heavy atom. The van der Waals surface area contributed by atoms with E-state index in [1.807, 2.05) is 0 Å². The maximum absolute atomic E-state index is 6.06. The van der Waals surface area contributed by atoms with E-state index in [1.54, 1.807) is 0 Å². The Labute approximate surface area is 132 Å². The fourth-order valence-corrected chi connectivity index (χ4v) is 3.26. The summed E-state index contributed by atoms with van der Waals surface area (Å²) < 4.78 is 12.1. The molecule has 0 aromatic carbocycles. The molecule has 0 saturated carbocycles. The Morgan fingerprint density at radius 3 is 1.55 bits per heavy atom. The molecule has 0 fully saturated rings. The zero-order valence-corrected chi connectivity index (χ0v) is 13.6. The van der Waals surface area contributed by atoms with Gasteiger partial charge in [-0.1, -0.05) is 64.2 Å². The van der Waals surface area contributed by atoms with Crippen LogP contribution in [-0.4, -0.2) is 6.29 Å². The minimum absolute atomic E-state index is 0.0566. The van der Waals surface area contributed by atoms with Crippen molar-refractivity contribution in [2.24, 2.45) is 16.7 Å². The van der Waals surface area contributed by atoms with E-state index in [4.69, 9.17) is 9.47 Å². The van der Waals surface area contributed by atoms with Crippen LogP contribution in [-0.2, 0) is 9.47 Å². The van der Waals surface area contributed by atoms with Crippen molar-refractivity contribution >= 4 is 0 Å². The van der Waals surface area contributed by atoms with Gasteiger partial charge in [0.25, 0.3) is 6.29 Å². The number of allylic oxidation sites excluding steroid dienone is 8. The first-order valence-electron chi connectivity index (χ1n) is 7.93. The van der Waals surface area contributed by atoms with Gasteiger partial charge in [0.2, 0.25) is 0 Å². The highest BCUT2D eigenvalue weighted by Crippen LogP contribution is 2.48. The van der Waals surface area contributed by atoms with Gasteiger partial charge >= 0.3 is 0 Å².